The number of anilines is 1. The fourth-order valence-electron chi connectivity index (χ4n) is 2.05. The van der Waals surface area contributed by atoms with Crippen molar-refractivity contribution in [1.29, 1.82) is 0 Å². The van der Waals surface area contributed by atoms with E-state index in [1.165, 1.54) is 31.2 Å². The number of aryl methyl sites for hydroxylation is 1. The molecule has 0 aliphatic heterocycles. The summed E-state index contributed by atoms with van der Waals surface area (Å²) in [6.07, 6.45) is -0.106. The van der Waals surface area contributed by atoms with E-state index < -0.39 is 23.7 Å². The summed E-state index contributed by atoms with van der Waals surface area (Å²) in [6, 6.07) is 5.85. The summed E-state index contributed by atoms with van der Waals surface area (Å²) in [6.45, 7) is 3.20. The van der Waals surface area contributed by atoms with Gasteiger partial charge in [0.2, 0.25) is 11.8 Å². The molecule has 8 heteroatoms. The number of nitrogens with zero attached hydrogens (tertiary/aromatic N) is 1. The SMILES string of the molecule is Cc1cc(NC(=O)[C@@H](C)NC(=O)CCC(=O)c2ccc(F)cc2)no1. The molecule has 0 fully saturated rings. The van der Waals surface area contributed by atoms with Crippen LogP contribution in [-0.4, -0.2) is 28.8 Å². The summed E-state index contributed by atoms with van der Waals surface area (Å²) in [5, 5.41) is 8.63. The van der Waals surface area contributed by atoms with Crippen molar-refractivity contribution in [3.63, 3.8) is 0 Å². The molecule has 0 unspecified atom stereocenters. The third kappa shape index (κ3) is 5.52. The predicted octanol–water partition coefficient (Wildman–Crippen LogP) is 2.23. The van der Waals surface area contributed by atoms with Crippen LogP contribution in [0.15, 0.2) is 34.9 Å². The molecule has 1 aromatic heterocycles. The van der Waals surface area contributed by atoms with Crippen LogP contribution >= 0.6 is 0 Å². The minimum atomic E-state index is -0.801. The summed E-state index contributed by atoms with van der Waals surface area (Å²) >= 11 is 0. The maximum atomic E-state index is 12.8. The lowest BCUT2D eigenvalue weighted by Gasteiger charge is -2.12. The fraction of sp³-hybridized carbons (Fsp3) is 0.294. The van der Waals surface area contributed by atoms with E-state index in [0.29, 0.717) is 11.3 Å². The first-order valence-corrected chi connectivity index (χ1v) is 7.67. The van der Waals surface area contributed by atoms with E-state index in [4.69, 9.17) is 4.52 Å². The standard InChI is InChI=1S/C17H18FN3O4/c1-10-9-15(21-25-10)20-17(24)11(2)19-16(23)8-7-14(22)12-3-5-13(18)6-4-12/h3-6,9,11H,7-8H2,1-2H3,(H,19,23)(H,20,21,24)/t11-/m1/s1. The summed E-state index contributed by atoms with van der Waals surface area (Å²) in [5.74, 6) is -0.788. The average Bonchev–Trinajstić information content (AvgIpc) is 2.98. The van der Waals surface area contributed by atoms with E-state index in [1.807, 2.05) is 0 Å². The number of halogens is 1. The van der Waals surface area contributed by atoms with Gasteiger partial charge < -0.3 is 15.2 Å². The Bertz CT molecular complexity index is 770. The second-order valence-corrected chi connectivity index (χ2v) is 5.53. The van der Waals surface area contributed by atoms with Gasteiger partial charge in [-0.3, -0.25) is 14.4 Å². The smallest absolute Gasteiger partial charge is 0.247 e. The number of Topliss-reactive ketones (excluding diaryl/α,β-unsaturated/α-hetero) is 1. The van der Waals surface area contributed by atoms with Crippen molar-refractivity contribution in [3.05, 3.63) is 47.5 Å². The number of hydrogen-bond donors (Lipinski definition) is 2. The van der Waals surface area contributed by atoms with Crippen LogP contribution in [0.1, 0.15) is 35.9 Å². The van der Waals surface area contributed by atoms with Gasteiger partial charge in [-0.1, -0.05) is 5.16 Å². The van der Waals surface area contributed by atoms with E-state index in [-0.39, 0.29) is 24.4 Å². The molecule has 25 heavy (non-hydrogen) atoms. The van der Waals surface area contributed by atoms with E-state index in [2.05, 4.69) is 15.8 Å². The van der Waals surface area contributed by atoms with E-state index in [9.17, 15) is 18.8 Å². The van der Waals surface area contributed by atoms with Gasteiger partial charge in [0.1, 0.15) is 17.6 Å². The number of rotatable bonds is 7. The second-order valence-electron chi connectivity index (χ2n) is 5.53. The lowest BCUT2D eigenvalue weighted by Crippen LogP contribution is -2.41. The molecule has 0 aliphatic rings. The molecular formula is C17H18FN3O4. The predicted molar refractivity (Wildman–Crippen MR) is 87.4 cm³/mol. The number of carbonyl (C=O) groups is 3. The lowest BCUT2D eigenvalue weighted by atomic mass is 10.1. The van der Waals surface area contributed by atoms with Crippen LogP contribution < -0.4 is 10.6 Å². The highest BCUT2D eigenvalue weighted by Crippen LogP contribution is 2.09. The number of amides is 2. The molecule has 0 bridgehead atoms. The van der Waals surface area contributed by atoms with Gasteiger partial charge in [0.15, 0.2) is 11.6 Å². The molecule has 1 heterocycles. The molecule has 0 aliphatic carbocycles. The first-order valence-electron chi connectivity index (χ1n) is 7.67. The number of ketones is 1. The molecule has 2 rings (SSSR count). The molecule has 2 aromatic rings. The Morgan fingerprint density at radius 2 is 1.88 bits per heavy atom. The monoisotopic (exact) mass is 347 g/mol. The first kappa shape index (κ1) is 18.3. The van der Waals surface area contributed by atoms with Gasteiger partial charge in [0.05, 0.1) is 0 Å². The Kier molecular flexibility index (Phi) is 5.99. The Morgan fingerprint density at radius 1 is 1.20 bits per heavy atom. The highest BCUT2D eigenvalue weighted by atomic mass is 19.1. The molecule has 2 N–H and O–H groups in total. The quantitative estimate of drug-likeness (QED) is 0.748. The molecule has 7 nitrogen and oxygen atoms in total. The number of nitrogens with one attached hydrogen (secondary N) is 2. The summed E-state index contributed by atoms with van der Waals surface area (Å²) in [4.78, 5) is 35.7. The molecular weight excluding hydrogens is 329 g/mol. The summed E-state index contributed by atoms with van der Waals surface area (Å²) < 4.78 is 17.6. The zero-order chi connectivity index (χ0) is 18.4. The zero-order valence-corrected chi connectivity index (χ0v) is 13.8. The average molecular weight is 347 g/mol. The van der Waals surface area contributed by atoms with Crippen LogP contribution in [0.5, 0.6) is 0 Å². The zero-order valence-electron chi connectivity index (χ0n) is 13.8. The Morgan fingerprint density at radius 3 is 2.48 bits per heavy atom. The molecule has 0 saturated carbocycles. The number of hydrogen-bond acceptors (Lipinski definition) is 5. The molecule has 1 aromatic carbocycles. The molecule has 0 radical (unpaired) electrons. The highest BCUT2D eigenvalue weighted by Gasteiger charge is 2.18. The van der Waals surface area contributed by atoms with Crippen molar-refractivity contribution in [2.24, 2.45) is 0 Å². The summed E-state index contributed by atoms with van der Waals surface area (Å²) in [7, 11) is 0. The second kappa shape index (κ2) is 8.18. The normalized spacial score (nSPS) is 11.6. The van der Waals surface area contributed by atoms with Gasteiger partial charge in [-0.05, 0) is 38.1 Å². The maximum Gasteiger partial charge on any atom is 0.247 e. The van der Waals surface area contributed by atoms with E-state index in [1.54, 1.807) is 13.0 Å². The van der Waals surface area contributed by atoms with Gasteiger partial charge in [0.25, 0.3) is 0 Å². The Balaban J connectivity index is 1.77. The summed E-state index contributed by atoms with van der Waals surface area (Å²) in [5.41, 5.74) is 0.335. The third-order valence-electron chi connectivity index (χ3n) is 3.40. The largest absolute Gasteiger partial charge is 0.360 e. The first-order chi connectivity index (χ1) is 11.8. The molecule has 132 valence electrons. The topological polar surface area (TPSA) is 101 Å². The van der Waals surface area contributed by atoms with Crippen LogP contribution in [0.3, 0.4) is 0 Å². The Labute approximate surface area is 143 Å². The van der Waals surface area contributed by atoms with E-state index in [0.717, 1.165) is 0 Å². The minimum absolute atomic E-state index is 0.0334. The molecule has 0 saturated heterocycles. The van der Waals surface area contributed by atoms with Crippen molar-refractivity contribution < 1.29 is 23.3 Å². The van der Waals surface area contributed by atoms with Crippen molar-refractivity contribution in [1.82, 2.24) is 10.5 Å². The van der Waals surface area contributed by atoms with Gasteiger partial charge in [0, 0.05) is 24.5 Å². The third-order valence-corrected chi connectivity index (χ3v) is 3.40. The van der Waals surface area contributed by atoms with E-state index >= 15 is 0 Å². The van der Waals surface area contributed by atoms with Crippen LogP contribution in [0.2, 0.25) is 0 Å². The van der Waals surface area contributed by atoms with Crippen molar-refractivity contribution in [2.75, 3.05) is 5.32 Å². The van der Waals surface area contributed by atoms with Gasteiger partial charge >= 0.3 is 0 Å². The highest BCUT2D eigenvalue weighted by molar-refractivity contribution is 5.99. The molecule has 2 amide bonds. The van der Waals surface area contributed by atoms with Gasteiger partial charge in [-0.2, -0.15) is 0 Å². The molecule has 1 atom stereocenters. The van der Waals surface area contributed by atoms with Crippen LogP contribution in [0.25, 0.3) is 0 Å². The van der Waals surface area contributed by atoms with Crippen molar-refractivity contribution >= 4 is 23.4 Å². The fourth-order valence-corrected chi connectivity index (χ4v) is 2.05. The minimum Gasteiger partial charge on any atom is -0.360 e. The number of benzene rings is 1. The molecule has 0 spiro atoms. The van der Waals surface area contributed by atoms with Crippen LogP contribution in [0.4, 0.5) is 10.2 Å². The van der Waals surface area contributed by atoms with Gasteiger partial charge in [-0.25, -0.2) is 4.39 Å². The van der Waals surface area contributed by atoms with Crippen LogP contribution in [-0.2, 0) is 9.59 Å². The lowest BCUT2D eigenvalue weighted by molar-refractivity contribution is -0.126. The number of carbonyl (C=O) groups excluding carboxylic acids is 3. The Hall–Kier alpha value is -3.03. The number of aromatic nitrogens is 1. The maximum absolute atomic E-state index is 12.8. The van der Waals surface area contributed by atoms with Crippen LogP contribution in [0, 0.1) is 12.7 Å². The van der Waals surface area contributed by atoms with Crippen molar-refractivity contribution in [3.8, 4) is 0 Å². The van der Waals surface area contributed by atoms with Gasteiger partial charge in [-0.15, -0.1) is 0 Å². The van der Waals surface area contributed by atoms with Crippen molar-refractivity contribution in [2.45, 2.75) is 32.7 Å².